The van der Waals surface area contributed by atoms with E-state index in [0.29, 0.717) is 6.23 Å². The highest BCUT2D eigenvalue weighted by molar-refractivity contribution is 6.44. The molecule has 0 aromatic carbocycles. The fourth-order valence-corrected chi connectivity index (χ4v) is 1.11. The van der Waals surface area contributed by atoms with Gasteiger partial charge in [-0.25, -0.2) is 0 Å². The topological polar surface area (TPSA) is 27.7 Å². The number of hydrogen-bond acceptors (Lipinski definition) is 3. The molecule has 3 nitrogen and oxygen atoms in total. The zero-order valence-corrected chi connectivity index (χ0v) is 6.66. The minimum atomic E-state index is -1.41. The van der Waals surface area contributed by atoms with E-state index in [1.807, 2.05) is 0 Å². The molecule has 0 aliphatic rings. The predicted octanol–water partition coefficient (Wildman–Crippen LogP) is -0.315. The van der Waals surface area contributed by atoms with Crippen molar-refractivity contribution < 1.29 is 13.6 Å². The summed E-state index contributed by atoms with van der Waals surface area (Å²) in [5.74, 6) is 0. The van der Waals surface area contributed by atoms with E-state index >= 15 is 0 Å². The molecule has 0 radical (unpaired) electrons. The van der Waals surface area contributed by atoms with Crippen LogP contribution in [0.25, 0.3) is 0 Å². The second-order valence-electron chi connectivity index (χ2n) is 1.36. The maximum atomic E-state index is 4.93. The normalized spacial score (nSPS) is 10.5. The second-order valence-corrected chi connectivity index (χ2v) is 3.49. The Balaban J connectivity index is 3.07. The molecule has 0 amide bonds. The van der Waals surface area contributed by atoms with E-state index in [1.165, 1.54) is 0 Å². The molecule has 0 N–H and O–H groups in total. The Labute approximate surface area is 51.4 Å². The van der Waals surface area contributed by atoms with Crippen molar-refractivity contribution in [3.63, 3.8) is 0 Å². The van der Waals surface area contributed by atoms with E-state index in [4.69, 9.17) is 13.6 Å². The van der Waals surface area contributed by atoms with Crippen LogP contribution in [-0.4, -0.2) is 36.8 Å². The van der Waals surface area contributed by atoms with Crippen LogP contribution in [0.2, 0.25) is 0 Å². The van der Waals surface area contributed by atoms with E-state index in [2.05, 4.69) is 0 Å². The molecule has 0 rings (SSSR count). The van der Waals surface area contributed by atoms with Crippen LogP contribution in [0.3, 0.4) is 0 Å². The first-order valence-electron chi connectivity index (χ1n) is 2.39. The highest BCUT2D eigenvalue weighted by atomic mass is 28.3. The van der Waals surface area contributed by atoms with Crippen LogP contribution in [0.5, 0.6) is 0 Å². The smallest absolute Gasteiger partial charge is 0.347 e. The largest absolute Gasteiger partial charge is 0.399 e. The zero-order chi connectivity index (χ0) is 6.41. The third-order valence-corrected chi connectivity index (χ3v) is 2.49. The third kappa shape index (κ3) is 3.14. The van der Waals surface area contributed by atoms with Crippen LogP contribution in [0.1, 0.15) is 0 Å². The summed E-state index contributed by atoms with van der Waals surface area (Å²) < 4.78 is 14.7. The molecule has 0 atom stereocenters. The van der Waals surface area contributed by atoms with E-state index in [-0.39, 0.29) is 0 Å². The molecule has 4 heteroatoms. The number of rotatable bonds is 4. The van der Waals surface area contributed by atoms with Crippen molar-refractivity contribution in [2.24, 2.45) is 0 Å². The molecule has 0 aromatic heterocycles. The molecular formula is C4H12O3Si. The minimum absolute atomic E-state index is 0.618. The first kappa shape index (κ1) is 8.10. The molecule has 0 aliphatic carbocycles. The van der Waals surface area contributed by atoms with Crippen molar-refractivity contribution in [1.29, 1.82) is 0 Å². The van der Waals surface area contributed by atoms with Crippen LogP contribution in [0, 0.1) is 0 Å². The van der Waals surface area contributed by atoms with Gasteiger partial charge in [0.15, 0.2) is 0 Å². The zero-order valence-electron chi connectivity index (χ0n) is 5.51. The van der Waals surface area contributed by atoms with Gasteiger partial charge >= 0.3 is 9.28 Å². The molecular weight excluding hydrogens is 124 g/mol. The average molecular weight is 136 g/mol. The Bertz CT molecular complexity index is 46.5. The standard InChI is InChI=1S/C4H12O3Si/c1-5-4-8(6-2)7-3/h8H,4H2,1-3H3. The predicted molar refractivity (Wildman–Crippen MR) is 33.0 cm³/mol. The lowest BCUT2D eigenvalue weighted by molar-refractivity contribution is 0.186. The van der Waals surface area contributed by atoms with Gasteiger partial charge in [-0.15, -0.1) is 0 Å². The molecule has 0 saturated heterocycles. The summed E-state index contributed by atoms with van der Waals surface area (Å²) in [4.78, 5) is 0. The highest BCUT2D eigenvalue weighted by Crippen LogP contribution is 1.82. The van der Waals surface area contributed by atoms with Gasteiger partial charge in [0.25, 0.3) is 0 Å². The van der Waals surface area contributed by atoms with Gasteiger partial charge in [0, 0.05) is 21.3 Å². The first-order chi connectivity index (χ1) is 3.85. The summed E-state index contributed by atoms with van der Waals surface area (Å²) in [6.45, 7) is 0. The lowest BCUT2D eigenvalue weighted by atomic mass is 11.5. The number of hydrogen-bond donors (Lipinski definition) is 0. The van der Waals surface area contributed by atoms with Crippen molar-refractivity contribution in [1.82, 2.24) is 0 Å². The van der Waals surface area contributed by atoms with Gasteiger partial charge in [0.1, 0.15) is 0 Å². The molecule has 0 bridgehead atoms. The Morgan fingerprint density at radius 3 is 1.75 bits per heavy atom. The van der Waals surface area contributed by atoms with E-state index in [0.717, 1.165) is 0 Å². The molecule has 0 fully saturated rings. The Hall–Kier alpha value is 0.0969. The SMILES string of the molecule is COC[SiH](OC)OC. The number of methoxy groups -OCH3 is 1. The monoisotopic (exact) mass is 136 g/mol. The molecule has 0 spiro atoms. The van der Waals surface area contributed by atoms with Crippen molar-refractivity contribution in [2.75, 3.05) is 27.6 Å². The van der Waals surface area contributed by atoms with Gasteiger partial charge < -0.3 is 13.6 Å². The first-order valence-corrected chi connectivity index (χ1v) is 4.15. The molecule has 0 aliphatic heterocycles. The molecule has 0 saturated carbocycles. The quantitative estimate of drug-likeness (QED) is 0.496. The minimum Gasteiger partial charge on any atom is -0.399 e. The Morgan fingerprint density at radius 1 is 1.12 bits per heavy atom. The van der Waals surface area contributed by atoms with E-state index in [1.54, 1.807) is 21.3 Å². The molecule has 8 heavy (non-hydrogen) atoms. The Kier molecular flexibility index (Phi) is 5.30. The average Bonchev–Trinajstić information content (AvgIpc) is 1.83. The van der Waals surface area contributed by atoms with Gasteiger partial charge in [-0.05, 0) is 0 Å². The molecule has 0 aromatic rings. The van der Waals surface area contributed by atoms with Crippen LogP contribution in [-0.2, 0) is 13.6 Å². The van der Waals surface area contributed by atoms with Crippen molar-refractivity contribution in [3.8, 4) is 0 Å². The fraction of sp³-hybridized carbons (Fsp3) is 1.00. The van der Waals surface area contributed by atoms with Crippen molar-refractivity contribution in [2.45, 2.75) is 0 Å². The summed E-state index contributed by atoms with van der Waals surface area (Å²) in [7, 11) is 3.50. The summed E-state index contributed by atoms with van der Waals surface area (Å²) in [6.07, 6.45) is 0.618. The van der Waals surface area contributed by atoms with Crippen molar-refractivity contribution in [3.05, 3.63) is 0 Å². The Morgan fingerprint density at radius 2 is 1.62 bits per heavy atom. The number of ether oxygens (including phenoxy) is 1. The van der Waals surface area contributed by atoms with Crippen molar-refractivity contribution >= 4 is 9.28 Å². The van der Waals surface area contributed by atoms with E-state index < -0.39 is 9.28 Å². The lowest BCUT2D eigenvalue weighted by Gasteiger charge is -2.07. The molecule has 50 valence electrons. The maximum Gasteiger partial charge on any atom is 0.347 e. The van der Waals surface area contributed by atoms with Crippen LogP contribution >= 0.6 is 0 Å². The van der Waals surface area contributed by atoms with Crippen LogP contribution in [0.4, 0.5) is 0 Å². The maximum absolute atomic E-state index is 4.93. The lowest BCUT2D eigenvalue weighted by Crippen LogP contribution is -2.25. The molecule has 0 heterocycles. The summed E-state index contributed by atoms with van der Waals surface area (Å²) >= 11 is 0. The summed E-state index contributed by atoms with van der Waals surface area (Å²) in [5, 5.41) is 0. The van der Waals surface area contributed by atoms with Gasteiger partial charge in [-0.2, -0.15) is 0 Å². The highest BCUT2D eigenvalue weighted by Gasteiger charge is 2.06. The summed E-state index contributed by atoms with van der Waals surface area (Å²) in [5.41, 5.74) is 0. The second kappa shape index (κ2) is 5.24. The third-order valence-electron chi connectivity index (χ3n) is 0.829. The fourth-order valence-electron chi connectivity index (χ4n) is 0.368. The van der Waals surface area contributed by atoms with Gasteiger partial charge in [0.2, 0.25) is 0 Å². The van der Waals surface area contributed by atoms with Gasteiger partial charge in [0.05, 0.1) is 6.23 Å². The van der Waals surface area contributed by atoms with Crippen LogP contribution in [0.15, 0.2) is 0 Å². The van der Waals surface area contributed by atoms with E-state index in [9.17, 15) is 0 Å². The van der Waals surface area contributed by atoms with Gasteiger partial charge in [-0.3, -0.25) is 0 Å². The van der Waals surface area contributed by atoms with Crippen LogP contribution < -0.4 is 0 Å². The van der Waals surface area contributed by atoms with Gasteiger partial charge in [-0.1, -0.05) is 0 Å². The molecule has 0 unspecified atom stereocenters. The summed E-state index contributed by atoms with van der Waals surface area (Å²) in [6, 6.07) is 0.